The first kappa shape index (κ1) is 11.6. The minimum absolute atomic E-state index is 0.0800. The number of aromatic nitrogens is 2. The van der Waals surface area contributed by atoms with Crippen molar-refractivity contribution in [1.82, 2.24) is 15.5 Å². The molecule has 17 heavy (non-hydrogen) atoms. The lowest BCUT2D eigenvalue weighted by Crippen LogP contribution is -2.17. The van der Waals surface area contributed by atoms with E-state index in [4.69, 9.17) is 0 Å². The standard InChI is InChI=1S/C12H14FN3O/c1-8(10-6-15-16-7-10)14-5-9-4-11(13)2-3-12(9)17/h2-4,6-8,14,17H,5H2,1H3,(H,15,16). The fourth-order valence-electron chi connectivity index (χ4n) is 1.57. The fourth-order valence-corrected chi connectivity index (χ4v) is 1.57. The number of H-pyrrole nitrogens is 1. The van der Waals surface area contributed by atoms with Crippen molar-refractivity contribution in [3.63, 3.8) is 0 Å². The summed E-state index contributed by atoms with van der Waals surface area (Å²) in [5, 5.41) is 19.3. The van der Waals surface area contributed by atoms with Crippen molar-refractivity contribution < 1.29 is 9.50 Å². The molecular weight excluding hydrogens is 221 g/mol. The highest BCUT2D eigenvalue weighted by molar-refractivity contribution is 5.32. The summed E-state index contributed by atoms with van der Waals surface area (Å²) in [4.78, 5) is 0. The average Bonchev–Trinajstić information content (AvgIpc) is 2.83. The average molecular weight is 235 g/mol. The predicted molar refractivity (Wildman–Crippen MR) is 61.9 cm³/mol. The Morgan fingerprint density at radius 1 is 1.53 bits per heavy atom. The van der Waals surface area contributed by atoms with E-state index in [2.05, 4.69) is 15.5 Å². The molecule has 0 aliphatic heterocycles. The quantitative estimate of drug-likeness (QED) is 0.760. The van der Waals surface area contributed by atoms with Crippen molar-refractivity contribution in [2.24, 2.45) is 0 Å². The van der Waals surface area contributed by atoms with Crippen molar-refractivity contribution in [3.8, 4) is 5.75 Å². The van der Waals surface area contributed by atoms with Crippen LogP contribution in [0.3, 0.4) is 0 Å². The van der Waals surface area contributed by atoms with Crippen LogP contribution in [0.4, 0.5) is 4.39 Å². The van der Waals surface area contributed by atoms with Crippen molar-refractivity contribution in [2.75, 3.05) is 0 Å². The van der Waals surface area contributed by atoms with E-state index in [1.807, 2.05) is 6.92 Å². The first-order chi connectivity index (χ1) is 8.16. The molecule has 0 saturated carbocycles. The first-order valence-electron chi connectivity index (χ1n) is 5.36. The molecule has 0 bridgehead atoms. The highest BCUT2D eigenvalue weighted by Crippen LogP contribution is 2.19. The third-order valence-electron chi connectivity index (χ3n) is 2.66. The van der Waals surface area contributed by atoms with Crippen LogP contribution in [-0.2, 0) is 6.54 Å². The van der Waals surface area contributed by atoms with Gasteiger partial charge in [0.2, 0.25) is 0 Å². The zero-order valence-electron chi connectivity index (χ0n) is 9.44. The zero-order valence-corrected chi connectivity index (χ0v) is 9.44. The summed E-state index contributed by atoms with van der Waals surface area (Å²) in [5.41, 5.74) is 1.56. The topological polar surface area (TPSA) is 60.9 Å². The molecule has 0 radical (unpaired) electrons. The van der Waals surface area contributed by atoms with Crippen LogP contribution >= 0.6 is 0 Å². The summed E-state index contributed by atoms with van der Waals surface area (Å²) in [6.07, 6.45) is 3.52. The molecule has 0 aliphatic rings. The van der Waals surface area contributed by atoms with Gasteiger partial charge in [-0.05, 0) is 25.1 Å². The molecule has 1 aromatic heterocycles. The summed E-state index contributed by atoms with van der Waals surface area (Å²) < 4.78 is 13.0. The van der Waals surface area contributed by atoms with Crippen LogP contribution in [0.1, 0.15) is 24.1 Å². The highest BCUT2D eigenvalue weighted by Gasteiger charge is 2.08. The minimum Gasteiger partial charge on any atom is -0.508 e. The molecule has 2 rings (SSSR count). The maximum Gasteiger partial charge on any atom is 0.123 e. The summed E-state index contributed by atoms with van der Waals surface area (Å²) in [6.45, 7) is 2.37. The van der Waals surface area contributed by atoms with Crippen molar-refractivity contribution in [2.45, 2.75) is 19.5 Å². The number of aromatic amines is 1. The van der Waals surface area contributed by atoms with Gasteiger partial charge < -0.3 is 10.4 Å². The molecule has 1 aromatic carbocycles. The molecular formula is C12H14FN3O. The number of aromatic hydroxyl groups is 1. The molecule has 0 saturated heterocycles. The van der Waals surface area contributed by atoms with Gasteiger partial charge in [-0.2, -0.15) is 5.10 Å². The van der Waals surface area contributed by atoms with Crippen LogP contribution in [0.5, 0.6) is 5.75 Å². The number of halogens is 1. The van der Waals surface area contributed by atoms with Crippen LogP contribution in [0, 0.1) is 5.82 Å². The maximum atomic E-state index is 13.0. The van der Waals surface area contributed by atoms with E-state index in [-0.39, 0.29) is 17.6 Å². The Labute approximate surface area is 98.5 Å². The maximum absolute atomic E-state index is 13.0. The van der Waals surface area contributed by atoms with E-state index in [9.17, 15) is 9.50 Å². The van der Waals surface area contributed by atoms with Crippen molar-refractivity contribution in [1.29, 1.82) is 0 Å². The third kappa shape index (κ3) is 2.82. The Morgan fingerprint density at radius 3 is 3.06 bits per heavy atom. The van der Waals surface area contributed by atoms with E-state index in [1.165, 1.54) is 18.2 Å². The Kier molecular flexibility index (Phi) is 3.39. The second kappa shape index (κ2) is 4.97. The number of phenols is 1. The summed E-state index contributed by atoms with van der Waals surface area (Å²) in [5.74, 6) is -0.256. The molecule has 0 spiro atoms. The third-order valence-corrected chi connectivity index (χ3v) is 2.66. The number of phenolic OH excluding ortho intramolecular Hbond substituents is 1. The predicted octanol–water partition coefficient (Wildman–Crippen LogP) is 2.11. The zero-order chi connectivity index (χ0) is 12.3. The lowest BCUT2D eigenvalue weighted by atomic mass is 10.1. The van der Waals surface area contributed by atoms with E-state index in [0.29, 0.717) is 12.1 Å². The van der Waals surface area contributed by atoms with Gasteiger partial charge in [-0.15, -0.1) is 0 Å². The second-order valence-corrected chi connectivity index (χ2v) is 3.91. The normalized spacial score (nSPS) is 12.6. The molecule has 4 nitrogen and oxygen atoms in total. The Balaban J connectivity index is 2.00. The summed E-state index contributed by atoms with van der Waals surface area (Å²) in [7, 11) is 0. The highest BCUT2D eigenvalue weighted by atomic mass is 19.1. The molecule has 3 N–H and O–H groups in total. The molecule has 1 heterocycles. The van der Waals surface area contributed by atoms with Gasteiger partial charge in [0.25, 0.3) is 0 Å². The van der Waals surface area contributed by atoms with Crippen molar-refractivity contribution >= 4 is 0 Å². The molecule has 2 aromatic rings. The number of hydrogen-bond acceptors (Lipinski definition) is 3. The molecule has 5 heteroatoms. The van der Waals surface area contributed by atoms with Gasteiger partial charge >= 0.3 is 0 Å². The molecule has 90 valence electrons. The van der Waals surface area contributed by atoms with Gasteiger partial charge in [0.1, 0.15) is 11.6 Å². The van der Waals surface area contributed by atoms with Crippen LogP contribution in [0.2, 0.25) is 0 Å². The van der Waals surface area contributed by atoms with E-state index in [1.54, 1.807) is 12.4 Å². The van der Waals surface area contributed by atoms with Gasteiger partial charge in [0, 0.05) is 29.9 Å². The molecule has 1 atom stereocenters. The van der Waals surface area contributed by atoms with Gasteiger partial charge in [-0.1, -0.05) is 0 Å². The Hall–Kier alpha value is -1.88. The minimum atomic E-state index is -0.351. The lowest BCUT2D eigenvalue weighted by molar-refractivity contribution is 0.457. The smallest absolute Gasteiger partial charge is 0.123 e. The van der Waals surface area contributed by atoms with E-state index in [0.717, 1.165) is 5.56 Å². The van der Waals surface area contributed by atoms with Crippen LogP contribution in [0.15, 0.2) is 30.6 Å². The van der Waals surface area contributed by atoms with Crippen LogP contribution in [-0.4, -0.2) is 15.3 Å². The van der Waals surface area contributed by atoms with Crippen molar-refractivity contribution in [3.05, 3.63) is 47.5 Å². The molecule has 1 unspecified atom stereocenters. The molecule has 0 aliphatic carbocycles. The molecule has 0 amide bonds. The van der Waals surface area contributed by atoms with Gasteiger partial charge in [0.15, 0.2) is 0 Å². The number of nitrogens with one attached hydrogen (secondary N) is 2. The number of hydrogen-bond donors (Lipinski definition) is 3. The van der Waals surface area contributed by atoms with Gasteiger partial charge in [-0.3, -0.25) is 5.10 Å². The second-order valence-electron chi connectivity index (χ2n) is 3.91. The monoisotopic (exact) mass is 235 g/mol. The number of nitrogens with zero attached hydrogens (tertiary/aromatic N) is 1. The number of rotatable bonds is 4. The summed E-state index contributed by atoms with van der Waals surface area (Å²) >= 11 is 0. The SMILES string of the molecule is CC(NCc1cc(F)ccc1O)c1cn[nH]c1. The lowest BCUT2D eigenvalue weighted by Gasteiger charge is -2.12. The van der Waals surface area contributed by atoms with Crippen LogP contribution < -0.4 is 5.32 Å². The number of benzene rings is 1. The molecule has 0 fully saturated rings. The van der Waals surface area contributed by atoms with E-state index >= 15 is 0 Å². The Morgan fingerprint density at radius 2 is 2.35 bits per heavy atom. The largest absolute Gasteiger partial charge is 0.508 e. The first-order valence-corrected chi connectivity index (χ1v) is 5.36. The fraction of sp³-hybridized carbons (Fsp3) is 0.250. The van der Waals surface area contributed by atoms with Crippen LogP contribution in [0.25, 0.3) is 0 Å². The Bertz CT molecular complexity index is 485. The summed E-state index contributed by atoms with van der Waals surface area (Å²) in [6, 6.07) is 3.99. The van der Waals surface area contributed by atoms with Gasteiger partial charge in [0.05, 0.1) is 6.20 Å². The van der Waals surface area contributed by atoms with Gasteiger partial charge in [-0.25, -0.2) is 4.39 Å². The van der Waals surface area contributed by atoms with E-state index < -0.39 is 0 Å².